The first-order valence-corrected chi connectivity index (χ1v) is 10.8. The van der Waals surface area contributed by atoms with Gasteiger partial charge in [0.05, 0.1) is 18.8 Å². The molecular weight excluding hydrogens is 372 g/mol. The zero-order chi connectivity index (χ0) is 19.9. The van der Waals surface area contributed by atoms with E-state index in [4.69, 9.17) is 21.4 Å². The molecule has 0 saturated heterocycles. The summed E-state index contributed by atoms with van der Waals surface area (Å²) in [6, 6.07) is 8.00. The summed E-state index contributed by atoms with van der Waals surface area (Å²) in [6.07, 6.45) is 8.66. The number of unbranched alkanes of at least 4 members (excludes halogenated alkanes) is 1. The summed E-state index contributed by atoms with van der Waals surface area (Å²) in [5, 5.41) is 5.48. The zero-order valence-corrected chi connectivity index (χ0v) is 17.8. The monoisotopic (exact) mass is 402 g/mol. The van der Waals surface area contributed by atoms with Crippen LogP contribution in [0.25, 0.3) is 0 Å². The van der Waals surface area contributed by atoms with Crippen LogP contribution in [0.1, 0.15) is 68.8 Å². The number of hydrogen-bond donors (Lipinski definition) is 0. The molecule has 1 aliphatic carbocycles. The van der Waals surface area contributed by atoms with Gasteiger partial charge in [-0.25, -0.2) is 0 Å². The number of halogens is 1. The number of carbonyl (C=O) groups is 1. The Balaban J connectivity index is 1.63. The van der Waals surface area contributed by atoms with Crippen molar-refractivity contribution in [1.82, 2.24) is 9.78 Å². The minimum absolute atomic E-state index is 0.257. The lowest BCUT2D eigenvalue weighted by Crippen LogP contribution is -2.11. The lowest BCUT2D eigenvalue weighted by atomic mass is 10.1. The van der Waals surface area contributed by atoms with Crippen molar-refractivity contribution in [1.29, 1.82) is 0 Å². The van der Waals surface area contributed by atoms with Crippen LogP contribution >= 0.6 is 11.6 Å². The number of ketones is 1. The van der Waals surface area contributed by atoms with Crippen molar-refractivity contribution in [2.45, 2.75) is 71.8 Å². The smallest absolute Gasteiger partial charge is 0.129 e. The zero-order valence-electron chi connectivity index (χ0n) is 17.0. The van der Waals surface area contributed by atoms with E-state index in [9.17, 15) is 4.79 Å². The third-order valence-corrected chi connectivity index (χ3v) is 5.77. The van der Waals surface area contributed by atoms with Crippen molar-refractivity contribution in [3.05, 3.63) is 46.2 Å². The Hall–Kier alpha value is -1.81. The van der Waals surface area contributed by atoms with Gasteiger partial charge in [-0.3, -0.25) is 4.68 Å². The second-order valence-electron chi connectivity index (χ2n) is 8.06. The van der Waals surface area contributed by atoms with Crippen LogP contribution in [0.5, 0.6) is 5.75 Å². The first kappa shape index (κ1) is 20.9. The highest BCUT2D eigenvalue weighted by Crippen LogP contribution is 2.28. The van der Waals surface area contributed by atoms with E-state index in [1.807, 2.05) is 22.9 Å². The van der Waals surface area contributed by atoms with Crippen LogP contribution in [0.2, 0.25) is 5.02 Å². The van der Waals surface area contributed by atoms with Crippen molar-refractivity contribution in [2.75, 3.05) is 6.61 Å². The molecule has 2 aromatic rings. The molecule has 0 spiro atoms. The van der Waals surface area contributed by atoms with Crippen molar-refractivity contribution in [2.24, 2.45) is 5.92 Å². The van der Waals surface area contributed by atoms with Gasteiger partial charge in [-0.05, 0) is 76.1 Å². The van der Waals surface area contributed by atoms with E-state index >= 15 is 0 Å². The standard InChI is InChI=1S/C23H31ClN2O2/c1-17-13-22(10-6-3-7-18(2)27)25-26(17)15-20-14-21(24)11-12-23(20)28-16-19-8-4-5-9-19/h11-14,19H,3-10,15-16H2,1-2H3. The predicted octanol–water partition coefficient (Wildman–Crippen LogP) is 5.76. The van der Waals surface area contributed by atoms with Gasteiger partial charge in [0, 0.05) is 22.7 Å². The minimum Gasteiger partial charge on any atom is -0.493 e. The number of hydrogen-bond acceptors (Lipinski definition) is 3. The maximum absolute atomic E-state index is 11.1. The van der Waals surface area contributed by atoms with Gasteiger partial charge in [-0.1, -0.05) is 24.4 Å². The molecule has 1 fully saturated rings. The lowest BCUT2D eigenvalue weighted by Gasteiger charge is -2.15. The molecule has 1 aromatic carbocycles. The van der Waals surface area contributed by atoms with E-state index in [1.54, 1.807) is 6.92 Å². The van der Waals surface area contributed by atoms with E-state index < -0.39 is 0 Å². The molecule has 0 atom stereocenters. The normalized spacial score (nSPS) is 14.5. The predicted molar refractivity (Wildman–Crippen MR) is 113 cm³/mol. The summed E-state index contributed by atoms with van der Waals surface area (Å²) in [7, 11) is 0. The molecule has 152 valence electrons. The summed E-state index contributed by atoms with van der Waals surface area (Å²) < 4.78 is 8.19. The van der Waals surface area contributed by atoms with Crippen molar-refractivity contribution >= 4 is 17.4 Å². The summed E-state index contributed by atoms with van der Waals surface area (Å²) in [5.41, 5.74) is 3.28. The van der Waals surface area contributed by atoms with Gasteiger partial charge in [0.25, 0.3) is 0 Å². The van der Waals surface area contributed by atoms with Crippen LogP contribution < -0.4 is 4.74 Å². The molecule has 1 heterocycles. The van der Waals surface area contributed by atoms with E-state index in [0.29, 0.717) is 18.9 Å². The molecule has 0 bridgehead atoms. The van der Waals surface area contributed by atoms with Crippen molar-refractivity contribution in [3.63, 3.8) is 0 Å². The van der Waals surface area contributed by atoms with Gasteiger partial charge in [-0.2, -0.15) is 5.10 Å². The highest BCUT2D eigenvalue weighted by atomic mass is 35.5. The average molecular weight is 403 g/mol. The van der Waals surface area contributed by atoms with Gasteiger partial charge < -0.3 is 9.53 Å². The Kier molecular flexibility index (Phi) is 7.55. The summed E-state index contributed by atoms with van der Waals surface area (Å²) in [4.78, 5) is 11.1. The first-order valence-electron chi connectivity index (χ1n) is 10.5. The fourth-order valence-electron chi connectivity index (χ4n) is 3.90. The molecule has 1 aliphatic rings. The highest BCUT2D eigenvalue weighted by molar-refractivity contribution is 6.30. The van der Waals surface area contributed by atoms with E-state index in [1.165, 1.54) is 25.7 Å². The van der Waals surface area contributed by atoms with Crippen LogP contribution in [0.3, 0.4) is 0 Å². The van der Waals surface area contributed by atoms with Crippen LogP contribution in [0.4, 0.5) is 0 Å². The van der Waals surface area contributed by atoms with E-state index in [0.717, 1.165) is 53.6 Å². The van der Waals surface area contributed by atoms with Gasteiger partial charge in [0.1, 0.15) is 11.5 Å². The number of aromatic nitrogens is 2. The fourth-order valence-corrected chi connectivity index (χ4v) is 4.09. The van der Waals surface area contributed by atoms with Crippen LogP contribution in [0.15, 0.2) is 24.3 Å². The quantitative estimate of drug-likeness (QED) is 0.474. The topological polar surface area (TPSA) is 44.1 Å². The van der Waals surface area contributed by atoms with Crippen LogP contribution in [0, 0.1) is 12.8 Å². The maximum atomic E-state index is 11.1. The summed E-state index contributed by atoms with van der Waals surface area (Å²) in [6.45, 7) is 5.17. The number of ether oxygens (including phenoxy) is 1. The number of aryl methyl sites for hydroxylation is 2. The van der Waals surface area contributed by atoms with Crippen molar-refractivity contribution < 1.29 is 9.53 Å². The third kappa shape index (κ3) is 6.10. The van der Waals surface area contributed by atoms with Gasteiger partial charge >= 0.3 is 0 Å². The Labute approximate surface area is 173 Å². The van der Waals surface area contributed by atoms with E-state index in [2.05, 4.69) is 13.0 Å². The van der Waals surface area contributed by atoms with Crippen LogP contribution in [-0.2, 0) is 17.8 Å². The average Bonchev–Trinajstić information content (AvgIpc) is 3.28. The largest absolute Gasteiger partial charge is 0.493 e. The maximum Gasteiger partial charge on any atom is 0.129 e. The lowest BCUT2D eigenvalue weighted by molar-refractivity contribution is -0.117. The second-order valence-corrected chi connectivity index (χ2v) is 8.49. The van der Waals surface area contributed by atoms with E-state index in [-0.39, 0.29) is 5.78 Å². The molecule has 0 unspecified atom stereocenters. The number of nitrogens with zero attached hydrogens (tertiary/aromatic N) is 2. The highest BCUT2D eigenvalue weighted by Gasteiger charge is 2.17. The number of benzene rings is 1. The molecule has 0 radical (unpaired) electrons. The molecule has 1 aromatic heterocycles. The molecule has 5 heteroatoms. The molecule has 0 aliphatic heterocycles. The van der Waals surface area contributed by atoms with Crippen LogP contribution in [-0.4, -0.2) is 22.2 Å². The van der Waals surface area contributed by atoms with Crippen molar-refractivity contribution in [3.8, 4) is 5.75 Å². The number of carbonyl (C=O) groups excluding carboxylic acids is 1. The third-order valence-electron chi connectivity index (χ3n) is 5.54. The summed E-state index contributed by atoms with van der Waals surface area (Å²) in [5.74, 6) is 1.85. The SMILES string of the molecule is CC(=O)CCCCc1cc(C)n(Cc2cc(Cl)ccc2OCC2CCCC2)n1. The van der Waals surface area contributed by atoms with Gasteiger partial charge in [0.15, 0.2) is 0 Å². The molecule has 3 rings (SSSR count). The molecule has 0 N–H and O–H groups in total. The first-order chi connectivity index (χ1) is 13.5. The Morgan fingerprint density at radius 1 is 1.25 bits per heavy atom. The second kappa shape index (κ2) is 10.1. The molecule has 28 heavy (non-hydrogen) atoms. The minimum atomic E-state index is 0.257. The number of Topliss-reactive ketones (excluding diaryl/α,β-unsaturated/α-hetero) is 1. The summed E-state index contributed by atoms with van der Waals surface area (Å²) >= 11 is 6.25. The molecule has 1 saturated carbocycles. The fraction of sp³-hybridized carbons (Fsp3) is 0.565. The molecule has 0 amide bonds. The molecule has 4 nitrogen and oxygen atoms in total. The Bertz CT molecular complexity index is 794. The number of rotatable bonds is 10. The van der Waals surface area contributed by atoms with Gasteiger partial charge in [-0.15, -0.1) is 0 Å². The van der Waals surface area contributed by atoms with Gasteiger partial charge in [0.2, 0.25) is 0 Å². The Morgan fingerprint density at radius 3 is 2.79 bits per heavy atom. The Morgan fingerprint density at radius 2 is 2.04 bits per heavy atom. The molecular formula is C23H31ClN2O2.